The number of hydrogen-bond acceptors (Lipinski definition) is 3. The molecular formula is C18H18ClFN4O2. The van der Waals surface area contributed by atoms with E-state index in [0.717, 1.165) is 0 Å². The van der Waals surface area contributed by atoms with Crippen molar-refractivity contribution < 1.29 is 9.18 Å². The highest BCUT2D eigenvalue weighted by Crippen LogP contribution is 2.34. The zero-order valence-electron chi connectivity index (χ0n) is 14.3. The van der Waals surface area contributed by atoms with Crippen molar-refractivity contribution in [1.82, 2.24) is 19.9 Å². The molecule has 0 saturated carbocycles. The van der Waals surface area contributed by atoms with E-state index in [4.69, 9.17) is 11.6 Å². The molecule has 0 aliphatic heterocycles. The number of halogens is 2. The fraction of sp³-hybridized carbons (Fsp3) is 0.278. The number of amides is 1. The molecule has 0 unspecified atom stereocenters. The monoisotopic (exact) mass is 376 g/mol. The van der Waals surface area contributed by atoms with Crippen LogP contribution in [-0.4, -0.2) is 27.0 Å². The predicted octanol–water partition coefficient (Wildman–Crippen LogP) is 3.27. The number of carbonyl (C=O) groups excluding carboxylic acids is 1. The number of benzene rings is 1. The van der Waals surface area contributed by atoms with Crippen LogP contribution < -0.4 is 11.0 Å². The maximum atomic E-state index is 13.3. The van der Waals surface area contributed by atoms with Gasteiger partial charge in [0, 0.05) is 25.2 Å². The largest absolute Gasteiger partial charge is 0.354 e. The normalized spacial score (nSPS) is 12.3. The Bertz CT molecular complexity index is 1010. The van der Waals surface area contributed by atoms with E-state index in [9.17, 15) is 14.0 Å². The Morgan fingerprint density at radius 1 is 1.38 bits per heavy atom. The average molecular weight is 377 g/mol. The number of carbonyl (C=O) groups is 1. The first kappa shape index (κ1) is 18.1. The van der Waals surface area contributed by atoms with Crippen LogP contribution in [-0.2, 0) is 4.79 Å². The molecule has 2 aromatic heterocycles. The third-order valence-electron chi connectivity index (χ3n) is 4.25. The van der Waals surface area contributed by atoms with Crippen LogP contribution in [0.25, 0.3) is 22.3 Å². The van der Waals surface area contributed by atoms with Gasteiger partial charge in [-0.05, 0) is 24.1 Å². The highest BCUT2D eigenvalue weighted by molar-refractivity contribution is 6.34. The molecule has 6 nitrogen and oxygen atoms in total. The number of fused-ring (bicyclic) bond motifs is 1. The van der Waals surface area contributed by atoms with Crippen LogP contribution in [0.4, 0.5) is 4.39 Å². The molecule has 1 amide bonds. The maximum Gasteiger partial charge on any atom is 0.328 e. The van der Waals surface area contributed by atoms with Crippen molar-refractivity contribution >= 4 is 28.7 Å². The number of hydrogen-bond donors (Lipinski definition) is 2. The van der Waals surface area contributed by atoms with E-state index in [-0.39, 0.29) is 23.5 Å². The summed E-state index contributed by atoms with van der Waals surface area (Å²) < 4.78 is 14.9. The lowest BCUT2D eigenvalue weighted by Gasteiger charge is -2.19. The number of nitrogens with zero attached hydrogens (tertiary/aromatic N) is 2. The van der Waals surface area contributed by atoms with Gasteiger partial charge >= 0.3 is 5.69 Å². The summed E-state index contributed by atoms with van der Waals surface area (Å²) in [4.78, 5) is 30.8. The van der Waals surface area contributed by atoms with Crippen molar-refractivity contribution in [2.24, 2.45) is 0 Å². The molecule has 2 N–H and O–H groups in total. The molecule has 8 heteroatoms. The molecule has 26 heavy (non-hydrogen) atoms. The third-order valence-corrected chi connectivity index (χ3v) is 4.53. The van der Waals surface area contributed by atoms with Crippen LogP contribution in [0.3, 0.4) is 0 Å². The zero-order chi connectivity index (χ0) is 18.8. The van der Waals surface area contributed by atoms with Gasteiger partial charge in [-0.15, -0.1) is 0 Å². The molecule has 3 aromatic rings. The average Bonchev–Trinajstić information content (AvgIpc) is 2.93. The predicted molar refractivity (Wildman–Crippen MR) is 98.8 cm³/mol. The second-order valence-corrected chi connectivity index (χ2v) is 6.39. The van der Waals surface area contributed by atoms with Crippen LogP contribution in [0.1, 0.15) is 26.3 Å². The van der Waals surface area contributed by atoms with Gasteiger partial charge in [0.2, 0.25) is 5.91 Å². The molecule has 0 aliphatic rings. The van der Waals surface area contributed by atoms with Crippen LogP contribution >= 0.6 is 11.6 Å². The fourth-order valence-corrected chi connectivity index (χ4v) is 3.23. The zero-order valence-corrected chi connectivity index (χ0v) is 15.1. The van der Waals surface area contributed by atoms with Crippen LogP contribution in [0.5, 0.6) is 0 Å². The molecule has 0 aliphatic carbocycles. The van der Waals surface area contributed by atoms with Gasteiger partial charge in [0.15, 0.2) is 5.65 Å². The first-order chi connectivity index (χ1) is 12.4. The van der Waals surface area contributed by atoms with Gasteiger partial charge in [-0.25, -0.2) is 14.2 Å². The fourth-order valence-electron chi connectivity index (χ4n) is 2.99. The smallest absolute Gasteiger partial charge is 0.328 e. The molecule has 0 radical (unpaired) electrons. The summed E-state index contributed by atoms with van der Waals surface area (Å²) in [5, 5.41) is 3.10. The number of nitrogens with one attached hydrogen (secondary N) is 2. The van der Waals surface area contributed by atoms with Crippen molar-refractivity contribution in [2.45, 2.75) is 26.3 Å². The van der Waals surface area contributed by atoms with E-state index >= 15 is 0 Å². The summed E-state index contributed by atoms with van der Waals surface area (Å²) in [5.74, 6) is -0.537. The second kappa shape index (κ2) is 7.29. The standard InChI is InChI=1S/C18H18ClFN4O2/c1-3-13(8-21-10(2)25)24-16-15(11-4-6-12(20)7-5-11)14(19)9-22-17(16)23-18(24)26/h4-7,9,13H,3,8H2,1-2H3,(H,21,25)(H,22,23,26)/t13-/m0/s1. The number of aromatic nitrogens is 3. The number of imidazole rings is 1. The van der Waals surface area contributed by atoms with Gasteiger partial charge in [-0.2, -0.15) is 0 Å². The van der Waals surface area contributed by atoms with Crippen molar-refractivity contribution in [3.63, 3.8) is 0 Å². The molecule has 1 atom stereocenters. The summed E-state index contributed by atoms with van der Waals surface area (Å²) in [6.45, 7) is 3.65. The lowest BCUT2D eigenvalue weighted by Crippen LogP contribution is -2.32. The minimum Gasteiger partial charge on any atom is -0.354 e. The first-order valence-corrected chi connectivity index (χ1v) is 8.59. The topological polar surface area (TPSA) is 79.8 Å². The third kappa shape index (κ3) is 3.35. The van der Waals surface area contributed by atoms with Crippen molar-refractivity contribution in [3.05, 3.63) is 51.8 Å². The minimum atomic E-state index is -0.362. The molecule has 2 heterocycles. The summed E-state index contributed by atoms with van der Waals surface area (Å²) >= 11 is 6.38. The van der Waals surface area contributed by atoms with E-state index in [1.807, 2.05) is 6.92 Å². The van der Waals surface area contributed by atoms with E-state index in [1.165, 1.54) is 25.3 Å². The molecule has 0 saturated heterocycles. The Kier molecular flexibility index (Phi) is 5.08. The van der Waals surface area contributed by atoms with Gasteiger partial charge in [0.05, 0.1) is 16.6 Å². The van der Waals surface area contributed by atoms with Gasteiger partial charge in [0.25, 0.3) is 0 Å². The summed E-state index contributed by atoms with van der Waals surface area (Å²) in [5.41, 5.74) is 1.85. The van der Waals surface area contributed by atoms with Gasteiger partial charge < -0.3 is 5.32 Å². The van der Waals surface area contributed by atoms with Crippen molar-refractivity contribution in [2.75, 3.05) is 6.54 Å². The minimum absolute atomic E-state index is 0.175. The van der Waals surface area contributed by atoms with Crippen LogP contribution in [0, 0.1) is 5.82 Å². The number of H-pyrrole nitrogens is 1. The molecule has 136 valence electrons. The Labute approximate surface area is 154 Å². The Morgan fingerprint density at radius 2 is 2.08 bits per heavy atom. The summed E-state index contributed by atoms with van der Waals surface area (Å²) in [7, 11) is 0. The van der Waals surface area contributed by atoms with E-state index in [1.54, 1.807) is 16.7 Å². The molecular weight excluding hydrogens is 359 g/mol. The highest BCUT2D eigenvalue weighted by atomic mass is 35.5. The van der Waals surface area contributed by atoms with E-state index < -0.39 is 0 Å². The number of aromatic amines is 1. The molecule has 1 aromatic carbocycles. The van der Waals surface area contributed by atoms with Crippen LogP contribution in [0.15, 0.2) is 35.3 Å². The Hall–Kier alpha value is -2.67. The molecule has 0 bridgehead atoms. The Balaban J connectivity index is 2.25. The second-order valence-electron chi connectivity index (χ2n) is 5.98. The van der Waals surface area contributed by atoms with E-state index in [2.05, 4.69) is 15.3 Å². The van der Waals surface area contributed by atoms with Crippen molar-refractivity contribution in [3.8, 4) is 11.1 Å². The quantitative estimate of drug-likeness (QED) is 0.717. The molecule has 3 rings (SSSR count). The highest BCUT2D eigenvalue weighted by Gasteiger charge is 2.21. The van der Waals surface area contributed by atoms with Gasteiger partial charge in [-0.3, -0.25) is 14.3 Å². The maximum absolute atomic E-state index is 13.3. The van der Waals surface area contributed by atoms with Crippen LogP contribution in [0.2, 0.25) is 5.02 Å². The molecule has 0 fully saturated rings. The summed E-state index contributed by atoms with van der Waals surface area (Å²) in [6.07, 6.45) is 2.07. The van der Waals surface area contributed by atoms with E-state index in [0.29, 0.717) is 40.3 Å². The van der Waals surface area contributed by atoms with Crippen molar-refractivity contribution in [1.29, 1.82) is 0 Å². The Morgan fingerprint density at radius 3 is 2.69 bits per heavy atom. The lowest BCUT2D eigenvalue weighted by atomic mass is 10.0. The number of rotatable bonds is 5. The number of pyridine rings is 1. The lowest BCUT2D eigenvalue weighted by molar-refractivity contribution is -0.119. The SMILES string of the molecule is CC[C@@H](CNC(C)=O)n1c(=O)[nH]c2ncc(Cl)c(-c3ccc(F)cc3)c21. The first-order valence-electron chi connectivity index (χ1n) is 8.21. The van der Waals surface area contributed by atoms with Gasteiger partial charge in [0.1, 0.15) is 5.82 Å². The summed E-state index contributed by atoms with van der Waals surface area (Å²) in [6, 6.07) is 5.60. The molecule has 0 spiro atoms. The van der Waals surface area contributed by atoms with Gasteiger partial charge in [-0.1, -0.05) is 30.7 Å².